The molecule has 0 aromatic rings. The summed E-state index contributed by atoms with van der Waals surface area (Å²) in [5.41, 5.74) is -11.9. The summed E-state index contributed by atoms with van der Waals surface area (Å²) in [4.78, 5) is 11.3. The SMILES string of the molecule is C=C(C)C(=O)OCCCCCCCC[N+](CCC)(CCC)CCCCCC.O=S(=O)([N-]S(=O)(=O)C(F)(F)F)C(F)(F)F. The van der Waals surface area contributed by atoms with Gasteiger partial charge in [0.15, 0.2) is 20.0 Å². The first-order valence-corrected chi connectivity index (χ1v) is 17.1. The van der Waals surface area contributed by atoms with Crippen LogP contribution in [0.1, 0.15) is 105 Å². The second kappa shape index (κ2) is 20.5. The van der Waals surface area contributed by atoms with E-state index in [-0.39, 0.29) is 5.97 Å². The molecule has 0 spiro atoms. The minimum absolute atomic E-state index is 0.255. The molecule has 0 bridgehead atoms. The summed E-state index contributed by atoms with van der Waals surface area (Å²) in [5, 5.41) is 0. The van der Waals surface area contributed by atoms with E-state index in [2.05, 4.69) is 27.4 Å². The topological polar surface area (TPSA) is 109 Å². The Morgan fingerprint density at radius 2 is 1.05 bits per heavy atom. The second-order valence-electron chi connectivity index (χ2n) is 10.3. The van der Waals surface area contributed by atoms with E-state index in [4.69, 9.17) is 4.74 Å². The molecule has 0 atom stereocenters. The number of quaternary nitrogens is 1. The maximum atomic E-state index is 11.4. The van der Waals surface area contributed by atoms with E-state index < -0.39 is 31.1 Å². The third kappa shape index (κ3) is 18.3. The van der Waals surface area contributed by atoms with Gasteiger partial charge < -0.3 is 13.3 Å². The van der Waals surface area contributed by atoms with Crippen molar-refractivity contribution in [2.45, 2.75) is 116 Å². The van der Waals surface area contributed by atoms with Crippen LogP contribution in [-0.2, 0) is 29.6 Å². The van der Waals surface area contributed by atoms with Crippen molar-refractivity contribution in [2.75, 3.05) is 32.8 Å². The fourth-order valence-electron chi connectivity index (χ4n) is 4.25. The third-order valence-electron chi connectivity index (χ3n) is 6.27. The normalized spacial score (nSPS) is 12.9. The van der Waals surface area contributed by atoms with Gasteiger partial charge in [0.2, 0.25) is 0 Å². The third-order valence-corrected chi connectivity index (χ3v) is 9.01. The van der Waals surface area contributed by atoms with Crippen molar-refractivity contribution in [3.05, 3.63) is 16.3 Å². The Morgan fingerprint density at radius 3 is 1.40 bits per heavy atom. The molecule has 42 heavy (non-hydrogen) atoms. The van der Waals surface area contributed by atoms with Gasteiger partial charge in [0.1, 0.15) is 0 Å². The zero-order chi connectivity index (χ0) is 33.1. The highest BCUT2D eigenvalue weighted by Crippen LogP contribution is 2.36. The van der Waals surface area contributed by atoms with E-state index in [0.717, 1.165) is 17.0 Å². The molecule has 0 unspecified atom stereocenters. The maximum absolute atomic E-state index is 11.4. The molecule has 0 radical (unpaired) electrons. The lowest BCUT2D eigenvalue weighted by atomic mass is 10.1. The molecule has 8 nitrogen and oxygen atoms in total. The van der Waals surface area contributed by atoms with Crippen molar-refractivity contribution in [3.8, 4) is 0 Å². The first kappa shape index (κ1) is 42.7. The highest BCUT2D eigenvalue weighted by atomic mass is 32.3. The molecule has 0 aliphatic rings. The number of carbonyl (C=O) groups is 1. The minimum atomic E-state index is -6.72. The Bertz CT molecular complexity index is 936. The van der Waals surface area contributed by atoms with Crippen LogP contribution < -0.4 is 0 Å². The van der Waals surface area contributed by atoms with Crippen LogP contribution in [0, 0.1) is 0 Å². The van der Waals surface area contributed by atoms with Crippen molar-refractivity contribution in [1.82, 2.24) is 0 Å². The summed E-state index contributed by atoms with van der Waals surface area (Å²) in [7, 11) is -13.4. The first-order chi connectivity index (χ1) is 19.2. The number of unbranched alkanes of at least 4 members (excludes halogenated alkanes) is 8. The molecule has 0 saturated heterocycles. The van der Waals surface area contributed by atoms with E-state index in [1.807, 2.05) is 0 Å². The lowest BCUT2D eigenvalue weighted by Crippen LogP contribution is -2.50. The fraction of sp³-hybridized carbons (Fsp3) is 0.885. The van der Waals surface area contributed by atoms with Crippen LogP contribution in [0.3, 0.4) is 0 Å². The Labute approximate surface area is 247 Å². The van der Waals surface area contributed by atoms with Gasteiger partial charge in [0.25, 0.3) is 0 Å². The summed E-state index contributed by atoms with van der Waals surface area (Å²) in [5.74, 6) is -0.255. The Morgan fingerprint density at radius 1 is 0.667 bits per heavy atom. The zero-order valence-corrected chi connectivity index (χ0v) is 26.8. The molecule has 16 heteroatoms. The number of rotatable bonds is 21. The van der Waals surface area contributed by atoms with Crippen LogP contribution in [0.2, 0.25) is 0 Å². The summed E-state index contributed by atoms with van der Waals surface area (Å²) in [6, 6.07) is 0. The van der Waals surface area contributed by atoms with Gasteiger partial charge in [-0.3, -0.25) is 0 Å². The van der Waals surface area contributed by atoms with Crippen LogP contribution in [0.15, 0.2) is 12.2 Å². The Hall–Kier alpha value is -1.39. The lowest BCUT2D eigenvalue weighted by Gasteiger charge is -2.39. The number of halogens is 6. The van der Waals surface area contributed by atoms with Crippen molar-refractivity contribution in [2.24, 2.45) is 0 Å². The number of hydrogen-bond donors (Lipinski definition) is 0. The highest BCUT2D eigenvalue weighted by Gasteiger charge is 2.47. The largest absolute Gasteiger partial charge is 0.480 e. The lowest BCUT2D eigenvalue weighted by molar-refractivity contribution is -0.928. The average Bonchev–Trinajstić information content (AvgIpc) is 2.84. The number of ether oxygens (including phenoxy) is 1. The van der Waals surface area contributed by atoms with E-state index in [1.165, 1.54) is 94.9 Å². The van der Waals surface area contributed by atoms with Crippen LogP contribution in [-0.4, -0.2) is 71.1 Å². The number of nitrogens with zero attached hydrogens (tertiary/aromatic N) is 2. The van der Waals surface area contributed by atoms with Crippen molar-refractivity contribution in [3.63, 3.8) is 0 Å². The molecule has 0 aliphatic carbocycles. The van der Waals surface area contributed by atoms with Crippen LogP contribution in [0.5, 0.6) is 0 Å². The van der Waals surface area contributed by atoms with Gasteiger partial charge in [-0.1, -0.05) is 59.5 Å². The summed E-state index contributed by atoms with van der Waals surface area (Å²) in [6.45, 7) is 18.3. The Balaban J connectivity index is 0. The van der Waals surface area contributed by atoms with E-state index in [1.54, 1.807) is 6.92 Å². The van der Waals surface area contributed by atoms with E-state index >= 15 is 0 Å². The number of sulfonamides is 2. The van der Waals surface area contributed by atoms with Crippen molar-refractivity contribution >= 4 is 26.0 Å². The quantitative estimate of drug-likeness (QED) is 0.0409. The molecular formula is C26H48F6N2O6S2. The predicted molar refractivity (Wildman–Crippen MR) is 151 cm³/mol. The van der Waals surface area contributed by atoms with Gasteiger partial charge in [0.05, 0.1) is 32.8 Å². The van der Waals surface area contributed by atoms with Gasteiger partial charge in [-0.05, 0) is 51.9 Å². The van der Waals surface area contributed by atoms with Crippen molar-refractivity contribution < 1.29 is 57.2 Å². The molecule has 0 aromatic heterocycles. The van der Waals surface area contributed by atoms with E-state index in [0.29, 0.717) is 12.2 Å². The van der Waals surface area contributed by atoms with Crippen LogP contribution in [0.25, 0.3) is 4.13 Å². The van der Waals surface area contributed by atoms with Gasteiger partial charge in [-0.2, -0.15) is 26.3 Å². The highest BCUT2D eigenvalue weighted by molar-refractivity contribution is 8.13. The fourth-order valence-corrected chi connectivity index (χ4v) is 5.96. The standard InChI is InChI=1S/C24H48NO2.C2F6NO4S2/c1-6-9-10-15-20-25(18-7-2,19-8-3)21-16-13-11-12-14-17-22-27-24(26)23(4)5;3-1(4,5)14(10,11)9-15(12,13)2(6,7)8/h4,6-22H2,1-3,5H3;/q+1;-1. The molecule has 0 N–H and O–H groups in total. The summed E-state index contributed by atoms with van der Waals surface area (Å²) >= 11 is 0. The minimum Gasteiger partial charge on any atom is -0.462 e. The monoisotopic (exact) mass is 662 g/mol. The molecule has 0 amide bonds. The van der Waals surface area contributed by atoms with Crippen molar-refractivity contribution in [1.29, 1.82) is 0 Å². The summed E-state index contributed by atoms with van der Waals surface area (Å²) in [6.07, 6.45) is 15.5. The maximum Gasteiger partial charge on any atom is 0.480 e. The second-order valence-corrected chi connectivity index (χ2v) is 13.7. The smallest absolute Gasteiger partial charge is 0.462 e. The number of hydrogen-bond acceptors (Lipinski definition) is 6. The molecule has 0 heterocycles. The molecule has 0 rings (SSSR count). The van der Waals surface area contributed by atoms with Gasteiger partial charge >= 0.3 is 17.0 Å². The molecule has 0 saturated carbocycles. The van der Waals surface area contributed by atoms with Gasteiger partial charge in [0, 0.05) is 5.57 Å². The van der Waals surface area contributed by atoms with Crippen LogP contribution in [0.4, 0.5) is 26.3 Å². The number of carbonyl (C=O) groups excluding carboxylic acids is 1. The van der Waals surface area contributed by atoms with E-state index in [9.17, 15) is 48.0 Å². The molecular weight excluding hydrogens is 614 g/mol. The molecule has 0 aromatic carbocycles. The average molecular weight is 663 g/mol. The first-order valence-electron chi connectivity index (χ1n) is 14.3. The Kier molecular flexibility index (Phi) is 20.9. The number of esters is 1. The molecule has 0 aliphatic heterocycles. The zero-order valence-electron chi connectivity index (χ0n) is 25.2. The predicted octanol–water partition coefficient (Wildman–Crippen LogP) is 7.72. The molecule has 0 fully saturated rings. The summed E-state index contributed by atoms with van der Waals surface area (Å²) < 4.78 is 116. The van der Waals surface area contributed by atoms with Gasteiger partial charge in [-0.15, -0.1) is 0 Å². The van der Waals surface area contributed by atoms with Gasteiger partial charge in [-0.25, -0.2) is 21.6 Å². The molecule has 252 valence electrons. The number of alkyl halides is 6. The van der Waals surface area contributed by atoms with Crippen LogP contribution >= 0.6 is 0 Å².